The van der Waals surface area contributed by atoms with Crippen LogP contribution in [0.25, 0.3) is 0 Å². The van der Waals surface area contributed by atoms with Gasteiger partial charge in [0.2, 0.25) is 0 Å². The average molecular weight is 223 g/mol. The van der Waals surface area contributed by atoms with E-state index in [2.05, 4.69) is 6.58 Å². The number of aliphatic hydroxyl groups is 1. The van der Waals surface area contributed by atoms with Crippen LogP contribution in [0.5, 0.6) is 5.75 Å². The molecule has 0 bridgehead atoms. The molecular weight excluding hydrogens is 210 g/mol. The van der Waals surface area contributed by atoms with E-state index >= 15 is 0 Å². The Morgan fingerprint density at radius 2 is 2.38 bits per heavy atom. The molecular formula is C11H13NO4. The van der Waals surface area contributed by atoms with Crippen molar-refractivity contribution >= 4 is 5.69 Å². The Morgan fingerprint density at radius 1 is 1.69 bits per heavy atom. The number of benzene rings is 1. The number of nitro benzene ring substituents is 1. The van der Waals surface area contributed by atoms with Gasteiger partial charge in [-0.3, -0.25) is 10.1 Å². The third kappa shape index (κ3) is 2.80. The minimum Gasteiger partial charge on any atom is -0.480 e. The van der Waals surface area contributed by atoms with Crippen LogP contribution in [-0.4, -0.2) is 16.1 Å². The lowest BCUT2D eigenvalue weighted by molar-refractivity contribution is -0.386. The average Bonchev–Trinajstić information content (AvgIpc) is 2.28. The molecule has 1 rings (SSSR count). The van der Waals surface area contributed by atoms with Crippen molar-refractivity contribution in [1.29, 1.82) is 0 Å². The molecule has 1 unspecified atom stereocenters. The maximum Gasteiger partial charge on any atom is 0.310 e. The largest absolute Gasteiger partial charge is 0.480 e. The van der Waals surface area contributed by atoms with Gasteiger partial charge >= 0.3 is 5.69 Å². The van der Waals surface area contributed by atoms with Crippen LogP contribution in [0.1, 0.15) is 12.5 Å². The fraction of sp³-hybridized carbons (Fsp3) is 0.273. The molecule has 0 aliphatic heterocycles. The topological polar surface area (TPSA) is 72.6 Å². The Bertz CT molecular complexity index is 403. The number of rotatable bonds is 5. The van der Waals surface area contributed by atoms with E-state index in [1.165, 1.54) is 24.3 Å². The maximum atomic E-state index is 10.7. The highest BCUT2D eigenvalue weighted by Crippen LogP contribution is 2.28. The summed E-state index contributed by atoms with van der Waals surface area (Å²) in [5.74, 6) is 0.143. The maximum absolute atomic E-state index is 10.7. The van der Waals surface area contributed by atoms with Crippen molar-refractivity contribution in [3.63, 3.8) is 0 Å². The molecule has 1 aromatic carbocycles. The van der Waals surface area contributed by atoms with Gasteiger partial charge in [-0.15, -0.1) is 0 Å². The molecule has 16 heavy (non-hydrogen) atoms. The Labute approximate surface area is 93.1 Å². The summed E-state index contributed by atoms with van der Waals surface area (Å²) in [4.78, 5) is 10.2. The van der Waals surface area contributed by atoms with Crippen molar-refractivity contribution in [1.82, 2.24) is 0 Å². The van der Waals surface area contributed by atoms with E-state index in [0.717, 1.165) is 0 Å². The Morgan fingerprint density at radius 3 is 2.88 bits per heavy atom. The summed E-state index contributed by atoms with van der Waals surface area (Å²) in [7, 11) is 0. The van der Waals surface area contributed by atoms with E-state index in [0.29, 0.717) is 5.56 Å². The SMILES string of the molecule is C=CC(C)Oc1cc(CO)ccc1[N+](=O)[O-]. The zero-order chi connectivity index (χ0) is 12.1. The molecule has 0 fully saturated rings. The molecule has 1 N–H and O–H groups in total. The number of aliphatic hydroxyl groups excluding tert-OH is 1. The molecule has 0 amide bonds. The fourth-order valence-electron chi connectivity index (χ4n) is 1.15. The molecule has 1 atom stereocenters. The van der Waals surface area contributed by atoms with Crippen molar-refractivity contribution in [2.24, 2.45) is 0 Å². The highest BCUT2D eigenvalue weighted by molar-refractivity contribution is 5.48. The predicted octanol–water partition coefficient (Wildman–Crippen LogP) is 2.04. The predicted molar refractivity (Wildman–Crippen MR) is 59.3 cm³/mol. The molecule has 1 aromatic rings. The molecule has 0 spiro atoms. The minimum absolute atomic E-state index is 0.120. The quantitative estimate of drug-likeness (QED) is 0.471. The summed E-state index contributed by atoms with van der Waals surface area (Å²) in [6, 6.07) is 4.26. The number of hydrogen-bond donors (Lipinski definition) is 1. The van der Waals surface area contributed by atoms with Crippen LogP contribution in [-0.2, 0) is 6.61 Å². The Balaban J connectivity index is 3.09. The van der Waals surface area contributed by atoms with Gasteiger partial charge in [0.1, 0.15) is 6.10 Å². The van der Waals surface area contributed by atoms with Crippen molar-refractivity contribution in [3.8, 4) is 5.75 Å². The summed E-state index contributed by atoms with van der Waals surface area (Å²) in [6.45, 7) is 5.07. The van der Waals surface area contributed by atoms with Gasteiger partial charge < -0.3 is 9.84 Å². The molecule has 86 valence electrons. The van der Waals surface area contributed by atoms with E-state index in [-0.39, 0.29) is 24.1 Å². The third-order valence-electron chi connectivity index (χ3n) is 2.05. The van der Waals surface area contributed by atoms with Crippen LogP contribution in [0.2, 0.25) is 0 Å². The fourth-order valence-corrected chi connectivity index (χ4v) is 1.15. The van der Waals surface area contributed by atoms with Crippen LogP contribution in [0.4, 0.5) is 5.69 Å². The first-order valence-electron chi connectivity index (χ1n) is 4.76. The van der Waals surface area contributed by atoms with Gasteiger partial charge in [-0.1, -0.05) is 12.7 Å². The van der Waals surface area contributed by atoms with Crippen LogP contribution in [0.15, 0.2) is 30.9 Å². The van der Waals surface area contributed by atoms with E-state index in [4.69, 9.17) is 9.84 Å². The first-order valence-corrected chi connectivity index (χ1v) is 4.76. The Hall–Kier alpha value is -1.88. The second kappa shape index (κ2) is 5.27. The summed E-state index contributed by atoms with van der Waals surface area (Å²) < 4.78 is 5.33. The summed E-state index contributed by atoms with van der Waals surface area (Å²) in [5, 5.41) is 19.7. The second-order valence-electron chi connectivity index (χ2n) is 3.28. The molecule has 0 saturated carbocycles. The minimum atomic E-state index is -0.522. The lowest BCUT2D eigenvalue weighted by atomic mass is 10.2. The van der Waals surface area contributed by atoms with Crippen LogP contribution < -0.4 is 4.74 Å². The summed E-state index contributed by atoms with van der Waals surface area (Å²) >= 11 is 0. The first-order chi connectivity index (χ1) is 7.58. The summed E-state index contributed by atoms with van der Waals surface area (Å²) in [6.07, 6.45) is 1.21. The molecule has 0 saturated heterocycles. The lowest BCUT2D eigenvalue weighted by Crippen LogP contribution is -2.09. The molecule has 0 radical (unpaired) electrons. The van der Waals surface area contributed by atoms with Crippen LogP contribution in [0.3, 0.4) is 0 Å². The van der Waals surface area contributed by atoms with E-state index in [9.17, 15) is 10.1 Å². The molecule has 0 aromatic heterocycles. The molecule has 0 heterocycles. The van der Waals surface area contributed by atoms with Gasteiger partial charge in [0.25, 0.3) is 0 Å². The smallest absolute Gasteiger partial charge is 0.310 e. The van der Waals surface area contributed by atoms with Crippen molar-refractivity contribution in [3.05, 3.63) is 46.5 Å². The van der Waals surface area contributed by atoms with Crippen molar-refractivity contribution in [2.45, 2.75) is 19.6 Å². The van der Waals surface area contributed by atoms with Crippen molar-refractivity contribution < 1.29 is 14.8 Å². The van der Waals surface area contributed by atoms with Gasteiger partial charge in [-0.05, 0) is 24.6 Å². The van der Waals surface area contributed by atoms with E-state index in [1.807, 2.05) is 0 Å². The molecule has 0 aliphatic carbocycles. The monoisotopic (exact) mass is 223 g/mol. The number of nitrogens with zero attached hydrogens (tertiary/aromatic N) is 1. The van der Waals surface area contributed by atoms with Gasteiger partial charge in [-0.2, -0.15) is 0 Å². The molecule has 5 nitrogen and oxygen atoms in total. The number of hydrogen-bond acceptors (Lipinski definition) is 4. The standard InChI is InChI=1S/C11H13NO4/c1-3-8(2)16-11-6-9(7-13)4-5-10(11)12(14)15/h3-6,8,13H,1,7H2,2H3. The first kappa shape index (κ1) is 12.2. The summed E-state index contributed by atoms with van der Waals surface area (Å²) in [5.41, 5.74) is 0.447. The van der Waals surface area contributed by atoms with Gasteiger partial charge in [0.05, 0.1) is 11.5 Å². The van der Waals surface area contributed by atoms with Gasteiger partial charge in [-0.25, -0.2) is 0 Å². The second-order valence-corrected chi connectivity index (χ2v) is 3.28. The highest BCUT2D eigenvalue weighted by atomic mass is 16.6. The van der Waals surface area contributed by atoms with Gasteiger partial charge in [0, 0.05) is 6.07 Å². The van der Waals surface area contributed by atoms with E-state index in [1.54, 1.807) is 6.92 Å². The zero-order valence-corrected chi connectivity index (χ0v) is 8.92. The van der Waals surface area contributed by atoms with Crippen LogP contribution >= 0.6 is 0 Å². The normalized spacial score (nSPS) is 11.9. The third-order valence-corrected chi connectivity index (χ3v) is 2.05. The van der Waals surface area contributed by atoms with Crippen LogP contribution in [0, 0.1) is 10.1 Å². The number of nitro groups is 1. The van der Waals surface area contributed by atoms with Gasteiger partial charge in [0.15, 0.2) is 5.75 Å². The zero-order valence-electron chi connectivity index (χ0n) is 8.92. The Kier molecular flexibility index (Phi) is 4.02. The molecule has 0 aliphatic rings. The lowest BCUT2D eigenvalue weighted by Gasteiger charge is -2.11. The van der Waals surface area contributed by atoms with E-state index < -0.39 is 4.92 Å². The number of ether oxygens (including phenoxy) is 1. The highest BCUT2D eigenvalue weighted by Gasteiger charge is 2.16. The molecule has 5 heteroatoms. The van der Waals surface area contributed by atoms with Crippen molar-refractivity contribution in [2.75, 3.05) is 0 Å².